The highest BCUT2D eigenvalue weighted by Crippen LogP contribution is 2.44. The van der Waals surface area contributed by atoms with E-state index >= 15 is 0 Å². The molecule has 0 saturated carbocycles. The summed E-state index contributed by atoms with van der Waals surface area (Å²) in [6, 6.07) is 11.4. The third-order valence-corrected chi connectivity index (χ3v) is 6.01. The number of hydrogen-bond acceptors (Lipinski definition) is 2. The Hall–Kier alpha value is -2.21. The molecule has 1 aliphatic carbocycles. The van der Waals surface area contributed by atoms with E-state index in [-0.39, 0.29) is 35.6 Å². The fourth-order valence-electron chi connectivity index (χ4n) is 4.09. The highest BCUT2D eigenvalue weighted by Gasteiger charge is 2.41. The maximum absolute atomic E-state index is 13.9. The van der Waals surface area contributed by atoms with Gasteiger partial charge in [-0.05, 0) is 54.3 Å². The summed E-state index contributed by atoms with van der Waals surface area (Å²) in [5, 5.41) is 3.06. The van der Waals surface area contributed by atoms with Crippen LogP contribution in [0.3, 0.4) is 0 Å². The second kappa shape index (κ2) is 7.08. The van der Waals surface area contributed by atoms with Crippen LogP contribution in [0.5, 0.6) is 0 Å². The minimum absolute atomic E-state index is 0.00248. The zero-order valence-corrected chi connectivity index (χ0v) is 16.5. The van der Waals surface area contributed by atoms with Crippen LogP contribution in [0, 0.1) is 11.7 Å². The van der Waals surface area contributed by atoms with E-state index in [1.165, 1.54) is 12.1 Å². The minimum atomic E-state index is -0.322. The van der Waals surface area contributed by atoms with Crippen molar-refractivity contribution >= 4 is 27.7 Å². The summed E-state index contributed by atoms with van der Waals surface area (Å²) in [5.41, 5.74) is 2.25. The van der Waals surface area contributed by atoms with Crippen LogP contribution < -0.4 is 5.32 Å². The summed E-state index contributed by atoms with van der Waals surface area (Å²) in [4.78, 5) is 27.0. The van der Waals surface area contributed by atoms with Crippen molar-refractivity contribution < 1.29 is 14.0 Å². The first-order chi connectivity index (χ1) is 12.9. The number of carbonyl (C=O) groups excluding carboxylic acids is 2. The quantitative estimate of drug-likeness (QED) is 0.785. The molecule has 1 saturated heterocycles. The van der Waals surface area contributed by atoms with E-state index in [1.54, 1.807) is 18.2 Å². The Bertz CT molecular complexity index is 917. The average Bonchev–Trinajstić information content (AvgIpc) is 3.15. The van der Waals surface area contributed by atoms with Crippen LogP contribution in [0.2, 0.25) is 0 Å². The lowest BCUT2D eigenvalue weighted by Crippen LogP contribution is -2.32. The molecule has 2 aromatic rings. The van der Waals surface area contributed by atoms with E-state index in [0.29, 0.717) is 18.5 Å². The molecule has 1 heterocycles. The monoisotopic (exact) mass is 430 g/mol. The molecule has 2 aliphatic rings. The third kappa shape index (κ3) is 3.38. The van der Waals surface area contributed by atoms with Crippen molar-refractivity contribution in [2.24, 2.45) is 5.92 Å². The highest BCUT2D eigenvalue weighted by molar-refractivity contribution is 9.10. The van der Waals surface area contributed by atoms with Gasteiger partial charge in [0.1, 0.15) is 5.82 Å². The van der Waals surface area contributed by atoms with Crippen LogP contribution >= 0.6 is 15.9 Å². The molecular formula is C21H20BrFN2O2. The first-order valence-electron chi connectivity index (χ1n) is 9.10. The van der Waals surface area contributed by atoms with E-state index in [2.05, 4.69) is 21.2 Å². The molecule has 3 atom stereocenters. The predicted octanol–water partition coefficient (Wildman–Crippen LogP) is 4.37. The normalized spacial score (nSPS) is 24.2. The molecule has 6 heteroatoms. The second-order valence-electron chi connectivity index (χ2n) is 7.28. The van der Waals surface area contributed by atoms with Crippen molar-refractivity contribution in [1.29, 1.82) is 0 Å². The predicted molar refractivity (Wildman–Crippen MR) is 104 cm³/mol. The molecule has 1 fully saturated rings. The Labute approximate surface area is 165 Å². The van der Waals surface area contributed by atoms with Gasteiger partial charge in [-0.15, -0.1) is 0 Å². The van der Waals surface area contributed by atoms with Crippen molar-refractivity contribution in [2.45, 2.75) is 31.8 Å². The Morgan fingerprint density at radius 2 is 2.04 bits per heavy atom. The Morgan fingerprint density at radius 1 is 1.22 bits per heavy atom. The van der Waals surface area contributed by atoms with Gasteiger partial charge in [-0.1, -0.05) is 35.0 Å². The maximum atomic E-state index is 13.9. The van der Waals surface area contributed by atoms with Crippen molar-refractivity contribution in [3.05, 3.63) is 69.4 Å². The molecule has 4 rings (SSSR count). The summed E-state index contributed by atoms with van der Waals surface area (Å²) in [5.74, 6) is -0.401. The summed E-state index contributed by atoms with van der Waals surface area (Å²) in [7, 11) is 0. The largest absolute Gasteiger partial charge is 0.345 e. The Kier molecular flexibility index (Phi) is 4.76. The SMILES string of the molecule is CC1CCN(C2CC(NC(=O)c3cccc(Br)c3)c3ccc(F)cc32)C1=O. The van der Waals surface area contributed by atoms with Gasteiger partial charge in [0.05, 0.1) is 12.1 Å². The van der Waals surface area contributed by atoms with E-state index in [1.807, 2.05) is 24.0 Å². The second-order valence-corrected chi connectivity index (χ2v) is 8.20. The van der Waals surface area contributed by atoms with Gasteiger partial charge in [-0.3, -0.25) is 9.59 Å². The Balaban J connectivity index is 1.62. The van der Waals surface area contributed by atoms with Gasteiger partial charge in [0.25, 0.3) is 5.91 Å². The fraction of sp³-hybridized carbons (Fsp3) is 0.333. The number of carbonyl (C=O) groups is 2. The van der Waals surface area contributed by atoms with Gasteiger partial charge in [-0.2, -0.15) is 0 Å². The zero-order chi connectivity index (χ0) is 19.1. The summed E-state index contributed by atoms with van der Waals surface area (Å²) in [6.45, 7) is 2.60. The van der Waals surface area contributed by atoms with Crippen LogP contribution in [0.1, 0.15) is 53.3 Å². The zero-order valence-electron chi connectivity index (χ0n) is 14.9. The molecule has 0 aromatic heterocycles. The third-order valence-electron chi connectivity index (χ3n) is 5.52. The summed E-state index contributed by atoms with van der Waals surface area (Å²) in [6.07, 6.45) is 1.38. The number of likely N-dealkylation sites (tertiary alicyclic amines) is 1. The Morgan fingerprint density at radius 3 is 2.74 bits per heavy atom. The standard InChI is InChI=1S/C21H20BrFN2O2/c1-12-7-8-25(21(12)27)19-11-18(16-6-5-15(23)10-17(16)19)24-20(26)13-3-2-4-14(22)9-13/h2-6,9-10,12,18-19H,7-8,11H2,1H3,(H,24,26). The van der Waals surface area contributed by atoms with Crippen molar-refractivity contribution in [2.75, 3.05) is 6.54 Å². The van der Waals surface area contributed by atoms with Gasteiger partial charge >= 0.3 is 0 Å². The van der Waals surface area contributed by atoms with Crippen LogP contribution in [0.4, 0.5) is 4.39 Å². The number of hydrogen-bond donors (Lipinski definition) is 1. The van der Waals surface area contributed by atoms with Crippen molar-refractivity contribution in [3.63, 3.8) is 0 Å². The number of benzene rings is 2. The number of fused-ring (bicyclic) bond motifs is 1. The van der Waals surface area contributed by atoms with E-state index < -0.39 is 0 Å². The van der Waals surface area contributed by atoms with Crippen LogP contribution in [0.15, 0.2) is 46.9 Å². The number of halogens is 2. The number of amides is 2. The van der Waals surface area contributed by atoms with Crippen LogP contribution in [0.25, 0.3) is 0 Å². The van der Waals surface area contributed by atoms with Gasteiger partial charge in [-0.25, -0.2) is 4.39 Å². The molecule has 140 valence electrons. The summed E-state index contributed by atoms with van der Waals surface area (Å²) < 4.78 is 14.7. The lowest BCUT2D eigenvalue weighted by Gasteiger charge is -2.25. The molecule has 1 N–H and O–H groups in total. The van der Waals surface area contributed by atoms with E-state index in [0.717, 1.165) is 22.0 Å². The smallest absolute Gasteiger partial charge is 0.251 e. The van der Waals surface area contributed by atoms with Crippen molar-refractivity contribution in [1.82, 2.24) is 10.2 Å². The number of rotatable bonds is 3. The first kappa shape index (κ1) is 18.2. The van der Waals surface area contributed by atoms with Crippen LogP contribution in [-0.4, -0.2) is 23.3 Å². The number of nitrogens with zero attached hydrogens (tertiary/aromatic N) is 1. The molecule has 27 heavy (non-hydrogen) atoms. The molecule has 1 aliphatic heterocycles. The van der Waals surface area contributed by atoms with Gasteiger partial charge in [0.15, 0.2) is 0 Å². The maximum Gasteiger partial charge on any atom is 0.251 e. The topological polar surface area (TPSA) is 49.4 Å². The highest BCUT2D eigenvalue weighted by atomic mass is 79.9. The molecule has 0 radical (unpaired) electrons. The lowest BCUT2D eigenvalue weighted by molar-refractivity contribution is -0.132. The molecular weight excluding hydrogens is 411 g/mol. The minimum Gasteiger partial charge on any atom is -0.345 e. The van der Waals surface area contributed by atoms with Gasteiger partial charge in [0.2, 0.25) is 5.91 Å². The first-order valence-corrected chi connectivity index (χ1v) is 9.89. The van der Waals surface area contributed by atoms with Gasteiger partial charge in [0, 0.05) is 22.5 Å². The van der Waals surface area contributed by atoms with Gasteiger partial charge < -0.3 is 10.2 Å². The fourth-order valence-corrected chi connectivity index (χ4v) is 4.49. The van der Waals surface area contributed by atoms with Crippen molar-refractivity contribution in [3.8, 4) is 0 Å². The molecule has 2 aromatic carbocycles. The summed E-state index contributed by atoms with van der Waals surface area (Å²) >= 11 is 3.38. The number of nitrogens with one attached hydrogen (secondary N) is 1. The molecule has 4 nitrogen and oxygen atoms in total. The average molecular weight is 431 g/mol. The van der Waals surface area contributed by atoms with E-state index in [4.69, 9.17) is 0 Å². The molecule has 3 unspecified atom stereocenters. The lowest BCUT2D eigenvalue weighted by atomic mass is 10.1. The van der Waals surface area contributed by atoms with E-state index in [9.17, 15) is 14.0 Å². The van der Waals surface area contributed by atoms with Crippen LogP contribution in [-0.2, 0) is 4.79 Å². The molecule has 0 spiro atoms. The molecule has 0 bridgehead atoms. The molecule has 2 amide bonds.